The smallest absolute Gasteiger partial charge is 0.313 e. The van der Waals surface area contributed by atoms with E-state index in [-0.39, 0.29) is 17.6 Å². The van der Waals surface area contributed by atoms with Crippen LogP contribution in [-0.2, 0) is 9.53 Å². The number of allylic oxidation sites excluding steroid dienone is 3. The molecule has 1 aromatic carbocycles. The first-order valence-corrected chi connectivity index (χ1v) is 6.41. The number of esters is 1. The first-order chi connectivity index (χ1) is 9.63. The van der Waals surface area contributed by atoms with Gasteiger partial charge in [0.15, 0.2) is 0 Å². The van der Waals surface area contributed by atoms with Gasteiger partial charge in [0.25, 0.3) is 5.69 Å². The SMILES string of the molecule is CCOC(=O)C1CC=CC=C1c1ccc([N+](=O)[O-])cc1. The van der Waals surface area contributed by atoms with E-state index in [1.54, 1.807) is 19.1 Å². The molecule has 0 bridgehead atoms. The monoisotopic (exact) mass is 273 g/mol. The Bertz CT molecular complexity index is 572. The first-order valence-electron chi connectivity index (χ1n) is 6.41. The molecule has 0 saturated carbocycles. The fraction of sp³-hybridized carbons (Fsp3) is 0.267. The number of carbonyl (C=O) groups excluding carboxylic acids is 1. The van der Waals surface area contributed by atoms with Gasteiger partial charge in [0.05, 0.1) is 17.4 Å². The van der Waals surface area contributed by atoms with Gasteiger partial charge in [-0.2, -0.15) is 0 Å². The number of benzene rings is 1. The minimum absolute atomic E-state index is 0.0355. The highest BCUT2D eigenvalue weighted by Gasteiger charge is 2.25. The molecule has 1 aromatic rings. The summed E-state index contributed by atoms with van der Waals surface area (Å²) in [7, 11) is 0. The van der Waals surface area contributed by atoms with Crippen molar-refractivity contribution in [3.63, 3.8) is 0 Å². The number of nitrogens with zero attached hydrogens (tertiary/aromatic N) is 1. The van der Waals surface area contributed by atoms with Gasteiger partial charge in [-0.15, -0.1) is 0 Å². The van der Waals surface area contributed by atoms with Crippen molar-refractivity contribution in [2.45, 2.75) is 13.3 Å². The Kier molecular flexibility index (Phi) is 4.30. The quantitative estimate of drug-likeness (QED) is 0.480. The van der Waals surface area contributed by atoms with Gasteiger partial charge in [0.2, 0.25) is 0 Å². The van der Waals surface area contributed by atoms with Gasteiger partial charge in [-0.25, -0.2) is 0 Å². The Morgan fingerprint density at radius 1 is 1.40 bits per heavy atom. The van der Waals surface area contributed by atoms with Gasteiger partial charge in [-0.1, -0.05) is 18.2 Å². The first kappa shape index (κ1) is 14.0. The molecule has 0 N–H and O–H groups in total. The van der Waals surface area contributed by atoms with Gasteiger partial charge in [0, 0.05) is 12.1 Å². The number of carbonyl (C=O) groups is 1. The predicted octanol–water partition coefficient (Wildman–Crippen LogP) is 3.12. The van der Waals surface area contributed by atoms with Crippen LogP contribution >= 0.6 is 0 Å². The van der Waals surface area contributed by atoms with Crippen LogP contribution in [0.25, 0.3) is 5.57 Å². The van der Waals surface area contributed by atoms with Crippen molar-refractivity contribution in [2.24, 2.45) is 5.92 Å². The van der Waals surface area contributed by atoms with Crippen LogP contribution < -0.4 is 0 Å². The van der Waals surface area contributed by atoms with Gasteiger partial charge < -0.3 is 4.74 Å². The van der Waals surface area contributed by atoms with Crippen LogP contribution in [0.5, 0.6) is 0 Å². The fourth-order valence-corrected chi connectivity index (χ4v) is 2.17. The maximum Gasteiger partial charge on any atom is 0.313 e. The topological polar surface area (TPSA) is 69.4 Å². The van der Waals surface area contributed by atoms with Crippen LogP contribution in [0.15, 0.2) is 42.5 Å². The van der Waals surface area contributed by atoms with Crippen molar-refractivity contribution >= 4 is 17.2 Å². The van der Waals surface area contributed by atoms with Crippen molar-refractivity contribution in [1.29, 1.82) is 0 Å². The van der Waals surface area contributed by atoms with E-state index in [4.69, 9.17) is 4.74 Å². The maximum absolute atomic E-state index is 12.0. The van der Waals surface area contributed by atoms with E-state index in [9.17, 15) is 14.9 Å². The number of hydrogen-bond donors (Lipinski definition) is 0. The zero-order valence-corrected chi connectivity index (χ0v) is 11.1. The second-order valence-electron chi connectivity index (χ2n) is 4.39. The van der Waals surface area contributed by atoms with Crippen molar-refractivity contribution < 1.29 is 14.5 Å². The number of nitro benzene ring substituents is 1. The Morgan fingerprint density at radius 3 is 2.70 bits per heavy atom. The molecule has 1 atom stereocenters. The van der Waals surface area contributed by atoms with Gasteiger partial charge >= 0.3 is 5.97 Å². The van der Waals surface area contributed by atoms with E-state index < -0.39 is 4.92 Å². The largest absolute Gasteiger partial charge is 0.466 e. The third kappa shape index (κ3) is 2.93. The molecule has 0 fully saturated rings. The lowest BCUT2D eigenvalue weighted by molar-refractivity contribution is -0.384. The molecule has 5 heteroatoms. The molecule has 0 radical (unpaired) electrons. The molecule has 0 heterocycles. The minimum Gasteiger partial charge on any atom is -0.466 e. The highest BCUT2D eigenvalue weighted by Crippen LogP contribution is 2.31. The summed E-state index contributed by atoms with van der Waals surface area (Å²) in [5.41, 5.74) is 1.67. The molecule has 104 valence electrons. The molecule has 0 amide bonds. The van der Waals surface area contributed by atoms with E-state index in [0.717, 1.165) is 11.1 Å². The summed E-state index contributed by atoms with van der Waals surface area (Å²) in [5.74, 6) is -0.608. The van der Waals surface area contributed by atoms with Crippen LogP contribution in [-0.4, -0.2) is 17.5 Å². The Balaban J connectivity index is 2.28. The summed E-state index contributed by atoms with van der Waals surface area (Å²) in [5, 5.41) is 10.7. The van der Waals surface area contributed by atoms with Gasteiger partial charge in [-0.05, 0) is 36.6 Å². The van der Waals surface area contributed by atoms with Gasteiger partial charge in [-0.3, -0.25) is 14.9 Å². The molecule has 1 aliphatic carbocycles. The molecule has 1 unspecified atom stereocenters. The molecule has 0 spiro atoms. The van der Waals surface area contributed by atoms with E-state index in [2.05, 4.69) is 0 Å². The molecular formula is C15H15NO4. The summed E-state index contributed by atoms with van der Waals surface area (Å²) in [6, 6.07) is 6.21. The van der Waals surface area contributed by atoms with Crippen molar-refractivity contribution in [3.8, 4) is 0 Å². The van der Waals surface area contributed by atoms with E-state index in [1.807, 2.05) is 18.2 Å². The van der Waals surface area contributed by atoms with Crippen molar-refractivity contribution in [1.82, 2.24) is 0 Å². The van der Waals surface area contributed by atoms with Crippen LogP contribution in [0.1, 0.15) is 18.9 Å². The fourth-order valence-electron chi connectivity index (χ4n) is 2.17. The Hall–Kier alpha value is -2.43. The number of rotatable bonds is 4. The van der Waals surface area contributed by atoms with Crippen LogP contribution in [0, 0.1) is 16.0 Å². The minimum atomic E-state index is -0.443. The third-order valence-corrected chi connectivity index (χ3v) is 3.14. The highest BCUT2D eigenvalue weighted by atomic mass is 16.6. The van der Waals surface area contributed by atoms with E-state index >= 15 is 0 Å². The number of nitro groups is 1. The average molecular weight is 273 g/mol. The summed E-state index contributed by atoms with van der Waals surface area (Å²) in [6.45, 7) is 2.11. The zero-order chi connectivity index (χ0) is 14.5. The molecule has 5 nitrogen and oxygen atoms in total. The lowest BCUT2D eigenvalue weighted by atomic mass is 9.86. The standard InChI is InChI=1S/C15H15NO4/c1-2-20-15(17)14-6-4-3-5-13(14)11-7-9-12(10-8-11)16(18)19/h3-5,7-10,14H,2,6H2,1H3. The van der Waals surface area contributed by atoms with Crippen LogP contribution in [0.2, 0.25) is 0 Å². The molecule has 0 saturated heterocycles. The molecule has 0 aliphatic heterocycles. The number of non-ortho nitro benzene ring substituents is 1. The lowest BCUT2D eigenvalue weighted by Crippen LogP contribution is -2.20. The molecular weight excluding hydrogens is 258 g/mol. The molecule has 20 heavy (non-hydrogen) atoms. The van der Waals surface area contributed by atoms with E-state index in [1.165, 1.54) is 12.1 Å². The number of hydrogen-bond acceptors (Lipinski definition) is 4. The van der Waals surface area contributed by atoms with Gasteiger partial charge in [0.1, 0.15) is 0 Å². The van der Waals surface area contributed by atoms with Crippen LogP contribution in [0.3, 0.4) is 0 Å². The van der Waals surface area contributed by atoms with Crippen molar-refractivity contribution in [2.75, 3.05) is 6.61 Å². The summed E-state index contributed by atoms with van der Waals surface area (Å²) < 4.78 is 5.07. The molecule has 0 aromatic heterocycles. The number of ether oxygens (including phenoxy) is 1. The maximum atomic E-state index is 12.0. The zero-order valence-electron chi connectivity index (χ0n) is 11.1. The highest BCUT2D eigenvalue weighted by molar-refractivity contribution is 5.90. The normalized spacial score (nSPS) is 17.4. The van der Waals surface area contributed by atoms with Crippen LogP contribution in [0.4, 0.5) is 5.69 Å². The predicted molar refractivity (Wildman–Crippen MR) is 75.0 cm³/mol. The lowest BCUT2D eigenvalue weighted by Gasteiger charge is -2.20. The van der Waals surface area contributed by atoms with Crippen molar-refractivity contribution in [3.05, 3.63) is 58.2 Å². The van der Waals surface area contributed by atoms with E-state index in [0.29, 0.717) is 13.0 Å². The summed E-state index contributed by atoms with van der Waals surface area (Å²) in [6.07, 6.45) is 6.23. The Morgan fingerprint density at radius 2 is 2.10 bits per heavy atom. The summed E-state index contributed by atoms with van der Waals surface area (Å²) in [4.78, 5) is 22.2. The second-order valence-corrected chi connectivity index (χ2v) is 4.39. The molecule has 1 aliphatic rings. The third-order valence-electron chi connectivity index (χ3n) is 3.14. The molecule has 2 rings (SSSR count). The average Bonchev–Trinajstić information content (AvgIpc) is 2.47. The summed E-state index contributed by atoms with van der Waals surface area (Å²) >= 11 is 0. The Labute approximate surface area is 116 Å². The second kappa shape index (κ2) is 6.14.